The van der Waals surface area contributed by atoms with Crippen LogP contribution in [-0.4, -0.2) is 21.7 Å². The lowest BCUT2D eigenvalue weighted by atomic mass is 9.82. The maximum atomic E-state index is 13.1. The Morgan fingerprint density at radius 2 is 1.76 bits per heavy atom. The summed E-state index contributed by atoms with van der Waals surface area (Å²) in [6, 6.07) is 10.3. The molecule has 0 bridgehead atoms. The van der Waals surface area contributed by atoms with Gasteiger partial charge in [-0.15, -0.1) is 5.10 Å². The summed E-state index contributed by atoms with van der Waals surface area (Å²) in [5, 5.41) is 4.68. The summed E-state index contributed by atoms with van der Waals surface area (Å²) in [4.78, 5) is 15.0. The number of hydrogen-bond acceptors (Lipinski definition) is 2. The summed E-state index contributed by atoms with van der Waals surface area (Å²) in [5.74, 6) is 1.87. The molecule has 2 aromatic rings. The minimum atomic E-state index is 0.105. The van der Waals surface area contributed by atoms with E-state index in [0.717, 1.165) is 43.1 Å². The van der Waals surface area contributed by atoms with Crippen LogP contribution in [0.15, 0.2) is 36.5 Å². The average Bonchev–Trinajstić information content (AvgIpc) is 3.05. The van der Waals surface area contributed by atoms with E-state index in [9.17, 15) is 4.79 Å². The smallest absolute Gasteiger partial charge is 0.231 e. The van der Waals surface area contributed by atoms with Crippen molar-refractivity contribution in [1.82, 2.24) is 9.78 Å². The fourth-order valence-electron chi connectivity index (χ4n) is 3.62. The van der Waals surface area contributed by atoms with Gasteiger partial charge in [0.25, 0.3) is 0 Å². The van der Waals surface area contributed by atoms with Crippen LogP contribution < -0.4 is 4.90 Å². The van der Waals surface area contributed by atoms with E-state index in [1.54, 1.807) is 0 Å². The van der Waals surface area contributed by atoms with Crippen molar-refractivity contribution in [3.63, 3.8) is 0 Å². The maximum Gasteiger partial charge on any atom is 0.231 e. The zero-order valence-electron chi connectivity index (χ0n) is 15.8. The normalized spacial score (nSPS) is 20.7. The molecule has 1 saturated carbocycles. The third-order valence-electron chi connectivity index (χ3n) is 5.24. The summed E-state index contributed by atoms with van der Waals surface area (Å²) in [6.45, 7) is 8.48. The van der Waals surface area contributed by atoms with Gasteiger partial charge < -0.3 is 0 Å². The van der Waals surface area contributed by atoms with Crippen molar-refractivity contribution in [2.24, 2.45) is 11.8 Å². The molecule has 1 aliphatic carbocycles. The molecule has 0 saturated heterocycles. The van der Waals surface area contributed by atoms with Crippen LogP contribution >= 0.6 is 0 Å². The van der Waals surface area contributed by atoms with Crippen LogP contribution in [0.25, 0.3) is 5.69 Å². The highest BCUT2D eigenvalue weighted by Gasteiger charge is 2.31. The predicted molar refractivity (Wildman–Crippen MR) is 102 cm³/mol. The van der Waals surface area contributed by atoms with Crippen LogP contribution in [0.1, 0.15) is 52.0 Å². The van der Waals surface area contributed by atoms with E-state index < -0.39 is 0 Å². The van der Waals surface area contributed by atoms with E-state index in [4.69, 9.17) is 0 Å². The number of amides is 1. The summed E-state index contributed by atoms with van der Waals surface area (Å²) < 4.78 is 1.85. The average molecular weight is 339 g/mol. The molecule has 1 aliphatic rings. The third-order valence-corrected chi connectivity index (χ3v) is 5.24. The zero-order chi connectivity index (χ0) is 18.0. The fourth-order valence-corrected chi connectivity index (χ4v) is 3.62. The second-order valence-corrected chi connectivity index (χ2v) is 7.71. The maximum absolute atomic E-state index is 13.1. The summed E-state index contributed by atoms with van der Waals surface area (Å²) >= 11 is 0. The Kier molecular flexibility index (Phi) is 5.26. The molecule has 1 aromatic heterocycles. The Morgan fingerprint density at radius 3 is 2.36 bits per heavy atom. The number of nitrogens with zero attached hydrogens (tertiary/aromatic N) is 3. The third kappa shape index (κ3) is 3.94. The molecule has 1 heterocycles. The number of carbonyl (C=O) groups is 1. The topological polar surface area (TPSA) is 38.1 Å². The first kappa shape index (κ1) is 17.7. The van der Waals surface area contributed by atoms with Crippen LogP contribution in [0, 0.1) is 18.8 Å². The van der Waals surface area contributed by atoms with Crippen LogP contribution in [0.5, 0.6) is 0 Å². The van der Waals surface area contributed by atoms with Crippen molar-refractivity contribution in [2.45, 2.75) is 59.4 Å². The van der Waals surface area contributed by atoms with E-state index in [0.29, 0.717) is 0 Å². The molecule has 0 atom stereocenters. The van der Waals surface area contributed by atoms with E-state index in [2.05, 4.69) is 57.1 Å². The van der Waals surface area contributed by atoms with Gasteiger partial charge in [0.05, 0.1) is 5.69 Å². The van der Waals surface area contributed by atoms with Gasteiger partial charge in [0.1, 0.15) is 0 Å². The second kappa shape index (κ2) is 7.42. The second-order valence-electron chi connectivity index (χ2n) is 7.71. The van der Waals surface area contributed by atoms with E-state index in [1.165, 1.54) is 5.56 Å². The molecule has 1 aromatic carbocycles. The van der Waals surface area contributed by atoms with Gasteiger partial charge in [-0.25, -0.2) is 4.68 Å². The van der Waals surface area contributed by atoms with Gasteiger partial charge in [0, 0.05) is 24.2 Å². The molecule has 0 aliphatic heterocycles. The van der Waals surface area contributed by atoms with Crippen LogP contribution in [-0.2, 0) is 4.79 Å². The lowest BCUT2D eigenvalue weighted by molar-refractivity contribution is -0.123. The van der Waals surface area contributed by atoms with Gasteiger partial charge >= 0.3 is 0 Å². The number of benzene rings is 1. The number of anilines is 1. The molecule has 0 radical (unpaired) electrons. The van der Waals surface area contributed by atoms with Gasteiger partial charge in [-0.2, -0.15) is 0 Å². The molecular weight excluding hydrogens is 310 g/mol. The highest BCUT2D eigenvalue weighted by Crippen LogP contribution is 2.31. The summed E-state index contributed by atoms with van der Waals surface area (Å²) in [5.41, 5.74) is 2.24. The highest BCUT2D eigenvalue weighted by molar-refractivity contribution is 5.94. The van der Waals surface area contributed by atoms with Crippen molar-refractivity contribution in [1.29, 1.82) is 0 Å². The van der Waals surface area contributed by atoms with Crippen LogP contribution in [0.4, 0.5) is 5.82 Å². The van der Waals surface area contributed by atoms with Gasteiger partial charge in [-0.05, 0) is 64.5 Å². The highest BCUT2D eigenvalue weighted by atomic mass is 16.2. The van der Waals surface area contributed by atoms with Gasteiger partial charge in [-0.1, -0.05) is 24.6 Å². The molecular formula is C21H29N3O. The minimum absolute atomic E-state index is 0.105. The molecule has 1 fully saturated rings. The molecule has 25 heavy (non-hydrogen) atoms. The first-order valence-corrected chi connectivity index (χ1v) is 9.41. The standard InChI is InChI=1S/C21H29N3O/c1-15(2)24(21(25)18-9-5-16(3)6-10-18)20-13-14-23(22-20)19-11-7-17(4)8-12-19/h7-8,11-16,18H,5-6,9-10H2,1-4H3. The predicted octanol–water partition coefficient (Wildman–Crippen LogP) is 4.75. The van der Waals surface area contributed by atoms with E-state index >= 15 is 0 Å². The Morgan fingerprint density at radius 1 is 1.12 bits per heavy atom. The zero-order valence-corrected chi connectivity index (χ0v) is 15.8. The molecule has 4 nitrogen and oxygen atoms in total. The van der Waals surface area contributed by atoms with Crippen molar-refractivity contribution >= 4 is 11.7 Å². The monoisotopic (exact) mass is 339 g/mol. The SMILES string of the molecule is Cc1ccc(-n2ccc(N(C(=O)C3CCC(C)CC3)C(C)C)n2)cc1. The van der Waals surface area contributed by atoms with Crippen molar-refractivity contribution < 1.29 is 4.79 Å². The van der Waals surface area contributed by atoms with Crippen molar-refractivity contribution in [3.05, 3.63) is 42.1 Å². The lowest BCUT2D eigenvalue weighted by Crippen LogP contribution is -2.42. The summed E-state index contributed by atoms with van der Waals surface area (Å²) in [7, 11) is 0. The van der Waals surface area contributed by atoms with E-state index in [-0.39, 0.29) is 17.9 Å². The Balaban J connectivity index is 1.81. The Bertz CT molecular complexity index is 709. The molecule has 0 unspecified atom stereocenters. The van der Waals surface area contributed by atoms with Gasteiger partial charge in [0.15, 0.2) is 5.82 Å². The number of carbonyl (C=O) groups excluding carboxylic acids is 1. The van der Waals surface area contributed by atoms with Gasteiger partial charge in [0.2, 0.25) is 5.91 Å². The Hall–Kier alpha value is -2.10. The molecule has 0 N–H and O–H groups in total. The van der Waals surface area contributed by atoms with Crippen molar-refractivity contribution in [3.8, 4) is 5.69 Å². The Labute approximate surface area is 150 Å². The molecule has 3 rings (SSSR count). The van der Waals surface area contributed by atoms with Crippen LogP contribution in [0.2, 0.25) is 0 Å². The first-order chi connectivity index (χ1) is 12.0. The molecule has 0 spiro atoms. The molecule has 134 valence electrons. The quantitative estimate of drug-likeness (QED) is 0.806. The van der Waals surface area contributed by atoms with Gasteiger partial charge in [-0.3, -0.25) is 9.69 Å². The van der Waals surface area contributed by atoms with E-state index in [1.807, 2.05) is 21.8 Å². The van der Waals surface area contributed by atoms with Crippen LogP contribution in [0.3, 0.4) is 0 Å². The largest absolute Gasteiger partial charge is 0.293 e. The number of aromatic nitrogens is 2. The molecule has 1 amide bonds. The van der Waals surface area contributed by atoms with Crippen molar-refractivity contribution in [2.75, 3.05) is 4.90 Å². The number of rotatable bonds is 4. The number of aryl methyl sites for hydroxylation is 1. The number of hydrogen-bond donors (Lipinski definition) is 0. The minimum Gasteiger partial charge on any atom is -0.293 e. The fraction of sp³-hybridized carbons (Fsp3) is 0.524. The molecule has 4 heteroatoms. The summed E-state index contributed by atoms with van der Waals surface area (Å²) in [6.07, 6.45) is 6.25. The first-order valence-electron chi connectivity index (χ1n) is 9.41. The lowest BCUT2D eigenvalue weighted by Gasteiger charge is -2.32.